The first-order valence-corrected chi connectivity index (χ1v) is 6.90. The molecule has 0 amide bonds. The molecule has 0 spiro atoms. The molecule has 120 valence electrons. The molecule has 0 aliphatic rings. The van der Waals surface area contributed by atoms with Gasteiger partial charge in [-0.1, -0.05) is 6.07 Å². The van der Waals surface area contributed by atoms with E-state index >= 15 is 0 Å². The number of benzene rings is 1. The molecule has 3 atom stereocenters. The van der Waals surface area contributed by atoms with Crippen molar-refractivity contribution in [3.8, 4) is 5.75 Å². The standard InChI is InChI=1S/C15H24FNO4/c1-10(7-19-3)20-8-12(18)9-21-13-4-5-14(11(2)17)15(16)6-13/h4-6,10-12,18H,7-9,17H2,1-3H3/t10?,11-,12?/m1/s1. The monoisotopic (exact) mass is 301 g/mol. The molecule has 1 rings (SSSR count). The van der Waals surface area contributed by atoms with Crippen molar-refractivity contribution in [3.63, 3.8) is 0 Å². The van der Waals surface area contributed by atoms with Crippen LogP contribution < -0.4 is 10.5 Å². The summed E-state index contributed by atoms with van der Waals surface area (Å²) >= 11 is 0. The van der Waals surface area contributed by atoms with Crippen LogP contribution in [0, 0.1) is 5.82 Å². The number of hydrogen-bond acceptors (Lipinski definition) is 5. The van der Waals surface area contributed by atoms with Crippen molar-refractivity contribution in [2.24, 2.45) is 5.73 Å². The summed E-state index contributed by atoms with van der Waals surface area (Å²) in [5.41, 5.74) is 6.06. The Kier molecular flexibility index (Phi) is 7.60. The van der Waals surface area contributed by atoms with Gasteiger partial charge in [0.2, 0.25) is 0 Å². The normalized spacial score (nSPS) is 15.5. The lowest BCUT2D eigenvalue weighted by Gasteiger charge is -2.17. The molecule has 0 saturated carbocycles. The van der Waals surface area contributed by atoms with Gasteiger partial charge in [0, 0.05) is 24.8 Å². The first kappa shape index (κ1) is 17.8. The minimum atomic E-state index is -0.791. The molecule has 3 N–H and O–H groups in total. The highest BCUT2D eigenvalue weighted by Gasteiger charge is 2.11. The van der Waals surface area contributed by atoms with Crippen molar-refractivity contribution in [2.45, 2.75) is 32.1 Å². The minimum absolute atomic E-state index is 0.0245. The molecule has 0 aliphatic carbocycles. The number of aliphatic hydroxyl groups excluding tert-OH is 1. The second-order valence-electron chi connectivity index (χ2n) is 5.04. The van der Waals surface area contributed by atoms with E-state index in [1.807, 2.05) is 6.92 Å². The van der Waals surface area contributed by atoms with E-state index in [2.05, 4.69) is 0 Å². The number of nitrogens with two attached hydrogens (primary N) is 1. The number of methoxy groups -OCH3 is 1. The summed E-state index contributed by atoms with van der Waals surface area (Å²) in [6.07, 6.45) is -0.895. The van der Waals surface area contributed by atoms with Crippen LogP contribution in [-0.4, -0.2) is 44.2 Å². The van der Waals surface area contributed by atoms with Crippen LogP contribution in [-0.2, 0) is 9.47 Å². The van der Waals surface area contributed by atoms with Crippen LogP contribution in [0.1, 0.15) is 25.5 Å². The Bertz CT molecular complexity index is 428. The number of halogens is 1. The van der Waals surface area contributed by atoms with Gasteiger partial charge in [-0.05, 0) is 19.9 Å². The largest absolute Gasteiger partial charge is 0.491 e. The topological polar surface area (TPSA) is 73.9 Å². The van der Waals surface area contributed by atoms with Gasteiger partial charge >= 0.3 is 0 Å². The van der Waals surface area contributed by atoms with Gasteiger partial charge < -0.3 is 25.1 Å². The molecular weight excluding hydrogens is 277 g/mol. The first-order valence-electron chi connectivity index (χ1n) is 6.90. The first-order chi connectivity index (χ1) is 9.93. The molecule has 0 bridgehead atoms. The molecule has 0 heterocycles. The molecule has 0 aliphatic heterocycles. The van der Waals surface area contributed by atoms with Crippen LogP contribution >= 0.6 is 0 Å². The Labute approximate surface area is 124 Å². The second kappa shape index (κ2) is 8.94. The molecular formula is C15H24FNO4. The maximum atomic E-state index is 13.7. The van der Waals surface area contributed by atoms with Crippen molar-refractivity contribution in [1.82, 2.24) is 0 Å². The molecule has 1 aromatic carbocycles. The third-order valence-corrected chi connectivity index (χ3v) is 2.88. The summed E-state index contributed by atoms with van der Waals surface area (Å²) in [6, 6.07) is 4.10. The van der Waals surface area contributed by atoms with E-state index in [0.717, 1.165) is 0 Å². The van der Waals surface area contributed by atoms with Crippen LogP contribution in [0.2, 0.25) is 0 Å². The van der Waals surface area contributed by atoms with Crippen LogP contribution in [0.5, 0.6) is 5.75 Å². The van der Waals surface area contributed by atoms with Crippen LogP contribution in [0.25, 0.3) is 0 Å². The third-order valence-electron chi connectivity index (χ3n) is 2.88. The predicted octanol–water partition coefficient (Wildman–Crippen LogP) is 1.64. The van der Waals surface area contributed by atoms with Gasteiger partial charge in [-0.15, -0.1) is 0 Å². The highest BCUT2D eigenvalue weighted by atomic mass is 19.1. The molecule has 0 fully saturated rings. The summed E-state index contributed by atoms with van der Waals surface area (Å²) in [4.78, 5) is 0. The van der Waals surface area contributed by atoms with Crippen molar-refractivity contribution in [3.05, 3.63) is 29.6 Å². The zero-order valence-electron chi connectivity index (χ0n) is 12.7. The second-order valence-corrected chi connectivity index (χ2v) is 5.04. The average Bonchev–Trinajstić information content (AvgIpc) is 2.43. The van der Waals surface area contributed by atoms with Gasteiger partial charge in [0.1, 0.15) is 24.3 Å². The minimum Gasteiger partial charge on any atom is -0.491 e. The zero-order chi connectivity index (χ0) is 15.8. The number of rotatable bonds is 9. The zero-order valence-corrected chi connectivity index (χ0v) is 12.7. The maximum absolute atomic E-state index is 13.7. The highest BCUT2D eigenvalue weighted by molar-refractivity contribution is 5.30. The van der Waals surface area contributed by atoms with Gasteiger partial charge in [-0.25, -0.2) is 4.39 Å². The lowest BCUT2D eigenvalue weighted by Crippen LogP contribution is -2.27. The van der Waals surface area contributed by atoms with Gasteiger partial charge in [-0.3, -0.25) is 0 Å². The lowest BCUT2D eigenvalue weighted by molar-refractivity contribution is -0.0423. The molecule has 0 aromatic heterocycles. The van der Waals surface area contributed by atoms with Crippen molar-refractivity contribution in [1.29, 1.82) is 0 Å². The van der Waals surface area contributed by atoms with E-state index in [1.54, 1.807) is 26.2 Å². The predicted molar refractivity (Wildman–Crippen MR) is 77.8 cm³/mol. The van der Waals surface area contributed by atoms with Crippen LogP contribution in [0.15, 0.2) is 18.2 Å². The van der Waals surface area contributed by atoms with Gasteiger partial charge in [0.25, 0.3) is 0 Å². The summed E-state index contributed by atoms with van der Waals surface area (Å²) in [7, 11) is 1.58. The molecule has 0 radical (unpaired) electrons. The molecule has 0 saturated heterocycles. The van der Waals surface area contributed by atoms with Crippen molar-refractivity contribution in [2.75, 3.05) is 26.9 Å². The fourth-order valence-electron chi connectivity index (χ4n) is 1.77. The Hall–Kier alpha value is -1.21. The summed E-state index contributed by atoms with van der Waals surface area (Å²) in [5, 5.41) is 9.74. The Balaban J connectivity index is 2.39. The van der Waals surface area contributed by atoms with E-state index in [0.29, 0.717) is 17.9 Å². The fraction of sp³-hybridized carbons (Fsp3) is 0.600. The number of hydrogen-bond donors (Lipinski definition) is 2. The smallest absolute Gasteiger partial charge is 0.131 e. The van der Waals surface area contributed by atoms with Crippen molar-refractivity contribution >= 4 is 0 Å². The van der Waals surface area contributed by atoms with E-state index < -0.39 is 11.9 Å². The molecule has 2 unspecified atom stereocenters. The van der Waals surface area contributed by atoms with E-state index in [1.165, 1.54) is 6.07 Å². The summed E-state index contributed by atoms with van der Waals surface area (Å²) in [5.74, 6) is -0.0668. The third kappa shape index (κ3) is 6.39. The van der Waals surface area contributed by atoms with Crippen LogP contribution in [0.4, 0.5) is 4.39 Å². The van der Waals surface area contributed by atoms with E-state index in [9.17, 15) is 9.50 Å². The number of ether oxygens (including phenoxy) is 3. The SMILES string of the molecule is COCC(C)OCC(O)COc1ccc([C@@H](C)N)c(F)c1. The number of aliphatic hydroxyl groups is 1. The molecule has 6 heteroatoms. The molecule has 21 heavy (non-hydrogen) atoms. The highest BCUT2D eigenvalue weighted by Crippen LogP contribution is 2.20. The van der Waals surface area contributed by atoms with Gasteiger partial charge in [0.15, 0.2) is 0 Å². The van der Waals surface area contributed by atoms with Gasteiger partial charge in [0.05, 0.1) is 19.3 Å². The summed E-state index contributed by atoms with van der Waals surface area (Å²) < 4.78 is 29.3. The van der Waals surface area contributed by atoms with Crippen LogP contribution in [0.3, 0.4) is 0 Å². The lowest BCUT2D eigenvalue weighted by atomic mass is 10.1. The quantitative estimate of drug-likeness (QED) is 0.725. The maximum Gasteiger partial charge on any atom is 0.131 e. The Morgan fingerprint density at radius 2 is 1.95 bits per heavy atom. The Morgan fingerprint density at radius 1 is 1.24 bits per heavy atom. The van der Waals surface area contributed by atoms with Gasteiger partial charge in [-0.2, -0.15) is 0 Å². The molecule has 5 nitrogen and oxygen atoms in total. The summed E-state index contributed by atoms with van der Waals surface area (Å²) in [6.45, 7) is 4.17. The van der Waals surface area contributed by atoms with E-state index in [-0.39, 0.29) is 25.4 Å². The fourth-order valence-corrected chi connectivity index (χ4v) is 1.77. The molecule has 1 aromatic rings. The van der Waals surface area contributed by atoms with E-state index in [4.69, 9.17) is 19.9 Å². The van der Waals surface area contributed by atoms with Crippen molar-refractivity contribution < 1.29 is 23.7 Å². The Morgan fingerprint density at radius 3 is 2.52 bits per heavy atom. The average molecular weight is 301 g/mol.